The number of halogens is 1. The highest BCUT2D eigenvalue weighted by atomic mass is 35.5. The summed E-state index contributed by atoms with van der Waals surface area (Å²) in [5, 5.41) is 12.2. The van der Waals surface area contributed by atoms with Gasteiger partial charge in [-0.25, -0.2) is 0 Å². The summed E-state index contributed by atoms with van der Waals surface area (Å²) in [6.45, 7) is 1.70. The minimum Gasteiger partial charge on any atom is -0.370 e. The van der Waals surface area contributed by atoms with Crippen molar-refractivity contribution in [2.45, 2.75) is 19.3 Å². The topological polar surface area (TPSA) is 99.2 Å². The lowest BCUT2D eigenvalue weighted by atomic mass is 9.94. The van der Waals surface area contributed by atoms with Crippen LogP contribution in [0.2, 0.25) is 5.02 Å². The maximum Gasteiger partial charge on any atom is 0.238 e. The minimum absolute atomic E-state index is 0.204. The molecule has 0 aromatic heterocycles. The van der Waals surface area contributed by atoms with Gasteiger partial charge in [-0.3, -0.25) is 14.5 Å². The number of primary amides is 1. The fourth-order valence-electron chi connectivity index (χ4n) is 2.86. The van der Waals surface area contributed by atoms with Gasteiger partial charge in [0, 0.05) is 18.0 Å². The van der Waals surface area contributed by atoms with E-state index < -0.39 is 0 Å². The molecule has 1 heterocycles. The van der Waals surface area contributed by atoms with Crippen LogP contribution >= 0.6 is 11.6 Å². The normalized spacial score (nSPS) is 18.2. The first-order valence-electron chi connectivity index (χ1n) is 7.48. The molecule has 0 bridgehead atoms. The number of carbonyl (C=O) groups is 2. The van der Waals surface area contributed by atoms with Gasteiger partial charge in [-0.15, -0.1) is 0 Å². The van der Waals surface area contributed by atoms with Crippen molar-refractivity contribution in [3.05, 3.63) is 28.8 Å². The second-order valence-corrected chi connectivity index (χ2v) is 6.20. The lowest BCUT2D eigenvalue weighted by Gasteiger charge is -2.31. The Bertz CT molecular complexity index is 641. The zero-order chi connectivity index (χ0) is 16.8. The number of rotatable bonds is 5. The Morgan fingerprint density at radius 3 is 2.96 bits per heavy atom. The highest BCUT2D eigenvalue weighted by molar-refractivity contribution is 6.31. The smallest absolute Gasteiger partial charge is 0.238 e. The first-order chi connectivity index (χ1) is 11.0. The van der Waals surface area contributed by atoms with E-state index in [9.17, 15) is 9.59 Å². The van der Waals surface area contributed by atoms with Crippen molar-refractivity contribution in [1.82, 2.24) is 4.90 Å². The maximum atomic E-state index is 12.2. The highest BCUT2D eigenvalue weighted by Gasteiger charge is 2.23. The molecule has 1 aliphatic heterocycles. The number of amides is 2. The molecule has 1 aromatic carbocycles. The van der Waals surface area contributed by atoms with Crippen molar-refractivity contribution < 1.29 is 9.59 Å². The van der Waals surface area contributed by atoms with Crippen molar-refractivity contribution in [3.8, 4) is 6.07 Å². The van der Waals surface area contributed by atoms with Crippen LogP contribution in [0.15, 0.2) is 18.2 Å². The number of hydrogen-bond donors (Lipinski definition) is 2. The van der Waals surface area contributed by atoms with E-state index in [0.29, 0.717) is 29.2 Å². The molecule has 122 valence electrons. The third-order valence-corrected chi connectivity index (χ3v) is 4.07. The molecule has 1 aliphatic rings. The molecule has 1 saturated heterocycles. The van der Waals surface area contributed by atoms with E-state index in [1.807, 2.05) is 11.0 Å². The third kappa shape index (κ3) is 5.23. The summed E-state index contributed by atoms with van der Waals surface area (Å²) in [5.41, 5.74) is 6.02. The third-order valence-electron chi connectivity index (χ3n) is 3.84. The van der Waals surface area contributed by atoms with E-state index >= 15 is 0 Å². The highest BCUT2D eigenvalue weighted by Crippen LogP contribution is 2.21. The van der Waals surface area contributed by atoms with Gasteiger partial charge in [-0.1, -0.05) is 11.6 Å². The lowest BCUT2D eigenvalue weighted by Crippen LogP contribution is -2.41. The number of hydrogen-bond acceptors (Lipinski definition) is 4. The Hall–Kier alpha value is -2.10. The van der Waals surface area contributed by atoms with E-state index in [1.165, 1.54) is 0 Å². The zero-order valence-corrected chi connectivity index (χ0v) is 13.5. The zero-order valence-electron chi connectivity index (χ0n) is 12.7. The van der Waals surface area contributed by atoms with Crippen LogP contribution < -0.4 is 11.1 Å². The van der Waals surface area contributed by atoms with Crippen molar-refractivity contribution in [2.24, 2.45) is 11.7 Å². The average Bonchev–Trinajstić information content (AvgIpc) is 2.47. The van der Waals surface area contributed by atoms with Crippen LogP contribution in [-0.2, 0) is 9.59 Å². The van der Waals surface area contributed by atoms with Crippen molar-refractivity contribution in [2.75, 3.05) is 25.0 Å². The van der Waals surface area contributed by atoms with Gasteiger partial charge in [0.2, 0.25) is 11.8 Å². The van der Waals surface area contributed by atoms with Gasteiger partial charge >= 0.3 is 0 Å². The van der Waals surface area contributed by atoms with E-state index in [4.69, 9.17) is 22.6 Å². The number of anilines is 1. The molecule has 3 N–H and O–H groups in total. The Balaban J connectivity index is 1.93. The number of benzene rings is 1. The van der Waals surface area contributed by atoms with Gasteiger partial charge in [0.15, 0.2) is 0 Å². The summed E-state index contributed by atoms with van der Waals surface area (Å²) >= 11 is 5.90. The molecule has 2 rings (SSSR count). The number of likely N-dealkylation sites (tertiary alicyclic amines) is 1. The van der Waals surface area contributed by atoms with Crippen LogP contribution in [0.3, 0.4) is 0 Å². The number of piperidine rings is 1. The molecule has 0 spiro atoms. The molecule has 6 nitrogen and oxygen atoms in total. The Morgan fingerprint density at radius 1 is 1.48 bits per heavy atom. The molecule has 0 radical (unpaired) electrons. The maximum absolute atomic E-state index is 12.2. The quantitative estimate of drug-likeness (QED) is 0.856. The van der Waals surface area contributed by atoms with Crippen molar-refractivity contribution >= 4 is 29.1 Å². The number of carbonyl (C=O) groups excluding carboxylic acids is 2. The van der Waals surface area contributed by atoms with Crippen LogP contribution in [0.1, 0.15) is 24.8 Å². The second kappa shape index (κ2) is 7.95. The van der Waals surface area contributed by atoms with Gasteiger partial charge in [0.1, 0.15) is 6.07 Å². The molecular weight excluding hydrogens is 316 g/mol. The van der Waals surface area contributed by atoms with Crippen molar-refractivity contribution in [1.29, 1.82) is 5.26 Å². The molecule has 0 aliphatic carbocycles. The fraction of sp³-hybridized carbons (Fsp3) is 0.438. The first-order valence-corrected chi connectivity index (χ1v) is 7.86. The molecule has 1 fully saturated rings. The van der Waals surface area contributed by atoms with Gasteiger partial charge in [-0.05, 0) is 43.5 Å². The largest absolute Gasteiger partial charge is 0.370 e. The van der Waals surface area contributed by atoms with E-state index in [-0.39, 0.29) is 24.3 Å². The van der Waals surface area contributed by atoms with Gasteiger partial charge in [0.25, 0.3) is 0 Å². The fourth-order valence-corrected chi connectivity index (χ4v) is 3.03. The van der Waals surface area contributed by atoms with Crippen LogP contribution in [-0.4, -0.2) is 36.3 Å². The predicted octanol–water partition coefficient (Wildman–Crippen LogP) is 1.74. The monoisotopic (exact) mass is 334 g/mol. The number of nitriles is 1. The molecule has 2 amide bonds. The van der Waals surface area contributed by atoms with Crippen LogP contribution in [0.4, 0.5) is 5.69 Å². The molecule has 1 aromatic rings. The van der Waals surface area contributed by atoms with Crippen LogP contribution in [0.25, 0.3) is 0 Å². The molecular formula is C16H19ClN4O2. The second-order valence-electron chi connectivity index (χ2n) is 5.76. The summed E-state index contributed by atoms with van der Waals surface area (Å²) in [6.07, 6.45) is 2.24. The molecule has 23 heavy (non-hydrogen) atoms. The summed E-state index contributed by atoms with van der Waals surface area (Å²) in [4.78, 5) is 25.2. The molecule has 1 atom stereocenters. The standard InChI is InChI=1S/C16H19ClN4O2/c17-13-4-3-12(8-18)14(7-13)20-16(23)10-21-5-1-2-11(9-21)6-15(19)22/h3-4,7,11H,1-2,5-6,9-10H2,(H2,19,22)(H,20,23)/t11-/m0/s1. The van der Waals surface area contributed by atoms with Gasteiger partial charge in [-0.2, -0.15) is 5.26 Å². The van der Waals surface area contributed by atoms with Crippen molar-refractivity contribution in [3.63, 3.8) is 0 Å². The van der Waals surface area contributed by atoms with E-state index in [2.05, 4.69) is 5.32 Å². The summed E-state index contributed by atoms with van der Waals surface area (Å²) in [5.74, 6) is -0.308. The number of nitrogens with two attached hydrogens (primary N) is 1. The summed E-state index contributed by atoms with van der Waals surface area (Å²) in [6, 6.07) is 6.76. The van der Waals surface area contributed by atoms with Gasteiger partial charge in [0.05, 0.1) is 17.8 Å². The van der Waals surface area contributed by atoms with Crippen LogP contribution in [0, 0.1) is 17.2 Å². The molecule has 7 heteroatoms. The summed E-state index contributed by atoms with van der Waals surface area (Å²) < 4.78 is 0. The molecule has 0 saturated carbocycles. The first kappa shape index (κ1) is 17.3. The average molecular weight is 335 g/mol. The predicted molar refractivity (Wildman–Crippen MR) is 87.8 cm³/mol. The lowest BCUT2D eigenvalue weighted by molar-refractivity contribution is -0.119. The van der Waals surface area contributed by atoms with E-state index in [1.54, 1.807) is 18.2 Å². The SMILES string of the molecule is N#Cc1ccc(Cl)cc1NC(=O)CN1CCC[C@@H](CC(N)=O)C1. The summed E-state index contributed by atoms with van der Waals surface area (Å²) in [7, 11) is 0. The Morgan fingerprint density at radius 2 is 2.26 bits per heavy atom. The van der Waals surface area contributed by atoms with E-state index in [0.717, 1.165) is 19.4 Å². The van der Waals surface area contributed by atoms with Crippen LogP contribution in [0.5, 0.6) is 0 Å². The number of nitrogens with one attached hydrogen (secondary N) is 1. The Kier molecular flexibility index (Phi) is 5.97. The van der Waals surface area contributed by atoms with Gasteiger partial charge < -0.3 is 11.1 Å². The number of nitrogens with zero attached hydrogens (tertiary/aromatic N) is 2. The Labute approximate surface area is 140 Å². The minimum atomic E-state index is -0.307. The molecule has 0 unspecified atom stereocenters.